The van der Waals surface area contributed by atoms with Crippen LogP contribution in [0.5, 0.6) is 5.75 Å². The number of anilines is 2. The summed E-state index contributed by atoms with van der Waals surface area (Å²) < 4.78 is 26.1. The summed E-state index contributed by atoms with van der Waals surface area (Å²) >= 11 is 5.82. The monoisotopic (exact) mass is 312 g/mol. The minimum Gasteiger partial charge on any atom is -0.508 e. The fourth-order valence-corrected chi connectivity index (χ4v) is 3.27. The summed E-state index contributed by atoms with van der Waals surface area (Å²) in [6.07, 6.45) is 0. The quantitative estimate of drug-likeness (QED) is 0.853. The molecule has 0 bridgehead atoms. The molecule has 0 unspecified atom stereocenters. The van der Waals surface area contributed by atoms with E-state index >= 15 is 0 Å². The second-order valence-corrected chi connectivity index (χ2v) is 6.55. The maximum absolute atomic E-state index is 12.5. The van der Waals surface area contributed by atoms with Gasteiger partial charge in [0.25, 0.3) is 10.0 Å². The number of phenols is 1. The molecule has 3 N–H and O–H groups in total. The number of phenolic OH excluding ortho intramolecular Hbond substituents is 1. The minimum absolute atomic E-state index is 0.0244. The van der Waals surface area contributed by atoms with Crippen LogP contribution in [0, 0.1) is 0 Å². The molecule has 5 nitrogen and oxygen atoms in total. The summed E-state index contributed by atoms with van der Waals surface area (Å²) in [6.45, 7) is 0. The van der Waals surface area contributed by atoms with E-state index in [0.717, 1.165) is 4.31 Å². The van der Waals surface area contributed by atoms with Gasteiger partial charge in [0.1, 0.15) is 10.6 Å². The Morgan fingerprint density at radius 2 is 1.90 bits per heavy atom. The summed E-state index contributed by atoms with van der Waals surface area (Å²) in [5, 5.41) is 9.71. The molecule has 0 heterocycles. The first kappa shape index (κ1) is 14.5. The van der Waals surface area contributed by atoms with Crippen LogP contribution in [-0.2, 0) is 10.0 Å². The molecule has 0 amide bonds. The number of hydrogen-bond donors (Lipinski definition) is 2. The highest BCUT2D eigenvalue weighted by Gasteiger charge is 2.24. The van der Waals surface area contributed by atoms with Crippen LogP contribution in [0.2, 0.25) is 5.02 Å². The molecular weight excluding hydrogens is 300 g/mol. The number of nitrogens with zero attached hydrogens (tertiary/aromatic N) is 1. The van der Waals surface area contributed by atoms with Gasteiger partial charge in [-0.2, -0.15) is 0 Å². The fraction of sp³-hybridized carbons (Fsp3) is 0.0769. The van der Waals surface area contributed by atoms with E-state index in [-0.39, 0.29) is 21.4 Å². The van der Waals surface area contributed by atoms with Crippen LogP contribution in [0.3, 0.4) is 0 Å². The number of sulfonamides is 1. The molecular formula is C13H13ClN2O3S. The molecule has 2 aromatic rings. The molecule has 0 spiro atoms. The number of aromatic hydroxyl groups is 1. The standard InChI is InChI=1S/C13H13ClN2O3S/c1-16(10-3-2-4-11(17)8-10)20(18,19)13-7-9(14)5-6-12(13)15/h2-8,17H,15H2,1H3. The van der Waals surface area contributed by atoms with Crippen LogP contribution < -0.4 is 10.0 Å². The van der Waals surface area contributed by atoms with E-state index in [2.05, 4.69) is 0 Å². The van der Waals surface area contributed by atoms with E-state index in [0.29, 0.717) is 5.69 Å². The van der Waals surface area contributed by atoms with Crippen LogP contribution in [0.25, 0.3) is 0 Å². The number of hydrogen-bond acceptors (Lipinski definition) is 4. The third-order valence-electron chi connectivity index (χ3n) is 2.81. The number of nitrogen functional groups attached to an aromatic ring is 1. The van der Waals surface area contributed by atoms with Crippen molar-refractivity contribution in [3.05, 3.63) is 47.5 Å². The Balaban J connectivity index is 2.52. The smallest absolute Gasteiger partial charge is 0.266 e. The van der Waals surface area contributed by atoms with Crippen molar-refractivity contribution >= 4 is 33.0 Å². The van der Waals surface area contributed by atoms with Crippen LogP contribution in [0.4, 0.5) is 11.4 Å². The third kappa shape index (κ3) is 2.66. The van der Waals surface area contributed by atoms with Crippen molar-refractivity contribution in [2.75, 3.05) is 17.1 Å². The number of halogens is 1. The molecule has 7 heteroatoms. The van der Waals surface area contributed by atoms with Gasteiger partial charge in [-0.05, 0) is 30.3 Å². The van der Waals surface area contributed by atoms with Gasteiger partial charge < -0.3 is 10.8 Å². The lowest BCUT2D eigenvalue weighted by Crippen LogP contribution is -2.27. The number of nitrogens with two attached hydrogens (primary N) is 1. The third-order valence-corrected chi connectivity index (χ3v) is 4.88. The van der Waals surface area contributed by atoms with E-state index in [4.69, 9.17) is 17.3 Å². The number of rotatable bonds is 3. The Kier molecular flexibility index (Phi) is 3.78. The van der Waals surface area contributed by atoms with Crippen LogP contribution in [0.1, 0.15) is 0 Å². The molecule has 0 aromatic heterocycles. The molecule has 0 atom stereocenters. The lowest BCUT2D eigenvalue weighted by molar-refractivity contribution is 0.475. The zero-order valence-electron chi connectivity index (χ0n) is 10.6. The molecule has 0 fully saturated rings. The van der Waals surface area contributed by atoms with Gasteiger partial charge in [-0.1, -0.05) is 17.7 Å². The van der Waals surface area contributed by atoms with Crippen molar-refractivity contribution in [3.8, 4) is 5.75 Å². The molecule has 20 heavy (non-hydrogen) atoms. The van der Waals surface area contributed by atoms with Gasteiger partial charge in [0.15, 0.2) is 0 Å². The van der Waals surface area contributed by atoms with Crippen LogP contribution >= 0.6 is 11.6 Å². The Labute approximate surface area is 122 Å². The lowest BCUT2D eigenvalue weighted by atomic mass is 10.3. The predicted molar refractivity (Wildman–Crippen MR) is 79.6 cm³/mol. The first-order valence-corrected chi connectivity index (χ1v) is 7.47. The SMILES string of the molecule is CN(c1cccc(O)c1)S(=O)(=O)c1cc(Cl)ccc1N. The Morgan fingerprint density at radius 3 is 2.55 bits per heavy atom. The first-order valence-electron chi connectivity index (χ1n) is 5.65. The van der Waals surface area contributed by atoms with Crippen molar-refractivity contribution in [2.24, 2.45) is 0 Å². The van der Waals surface area contributed by atoms with Gasteiger partial charge in [0, 0.05) is 18.1 Å². The molecule has 2 rings (SSSR count). The van der Waals surface area contributed by atoms with Crippen molar-refractivity contribution in [1.29, 1.82) is 0 Å². The topological polar surface area (TPSA) is 83.6 Å². The van der Waals surface area contributed by atoms with E-state index in [9.17, 15) is 13.5 Å². The highest BCUT2D eigenvalue weighted by Crippen LogP contribution is 2.29. The van der Waals surface area contributed by atoms with E-state index in [1.54, 1.807) is 12.1 Å². The predicted octanol–water partition coefficient (Wildman–Crippen LogP) is 2.45. The Morgan fingerprint density at radius 1 is 1.20 bits per heavy atom. The summed E-state index contributed by atoms with van der Waals surface area (Å²) in [7, 11) is -2.47. The molecule has 0 aliphatic rings. The lowest BCUT2D eigenvalue weighted by Gasteiger charge is -2.20. The molecule has 0 aliphatic carbocycles. The van der Waals surface area contributed by atoms with Gasteiger partial charge in [-0.15, -0.1) is 0 Å². The van der Waals surface area contributed by atoms with Crippen molar-refractivity contribution < 1.29 is 13.5 Å². The summed E-state index contributed by atoms with van der Waals surface area (Å²) in [5.41, 5.74) is 6.14. The molecule has 0 radical (unpaired) electrons. The van der Waals surface area contributed by atoms with Gasteiger partial charge >= 0.3 is 0 Å². The normalized spacial score (nSPS) is 11.3. The average Bonchev–Trinajstić information content (AvgIpc) is 2.40. The molecule has 0 saturated carbocycles. The van der Waals surface area contributed by atoms with Gasteiger partial charge in [-0.25, -0.2) is 8.42 Å². The zero-order chi connectivity index (χ0) is 14.9. The maximum atomic E-state index is 12.5. The summed E-state index contributed by atoms with van der Waals surface area (Å²) in [4.78, 5) is -0.0733. The molecule has 0 aliphatic heterocycles. The zero-order valence-corrected chi connectivity index (χ0v) is 12.2. The minimum atomic E-state index is -3.85. The van der Waals surface area contributed by atoms with E-state index < -0.39 is 10.0 Å². The summed E-state index contributed by atoms with van der Waals surface area (Å²) in [5.74, 6) is -0.0244. The summed E-state index contributed by atoms with van der Waals surface area (Å²) in [6, 6.07) is 10.2. The van der Waals surface area contributed by atoms with Gasteiger partial charge in [0.2, 0.25) is 0 Å². The van der Waals surface area contributed by atoms with Crippen molar-refractivity contribution in [2.45, 2.75) is 4.90 Å². The second kappa shape index (κ2) is 5.22. The van der Waals surface area contributed by atoms with Gasteiger partial charge in [-0.3, -0.25) is 4.31 Å². The maximum Gasteiger partial charge on any atom is 0.266 e. The van der Waals surface area contributed by atoms with Crippen LogP contribution in [0.15, 0.2) is 47.4 Å². The highest BCUT2D eigenvalue weighted by molar-refractivity contribution is 7.93. The van der Waals surface area contributed by atoms with E-state index in [1.807, 2.05) is 0 Å². The molecule has 2 aromatic carbocycles. The fourth-order valence-electron chi connectivity index (χ4n) is 1.71. The molecule has 0 saturated heterocycles. The Hall–Kier alpha value is -1.92. The largest absolute Gasteiger partial charge is 0.508 e. The van der Waals surface area contributed by atoms with Crippen LogP contribution in [-0.4, -0.2) is 20.6 Å². The average molecular weight is 313 g/mol. The first-order chi connectivity index (χ1) is 9.32. The molecule has 106 valence electrons. The second-order valence-electron chi connectivity index (χ2n) is 4.17. The number of benzene rings is 2. The van der Waals surface area contributed by atoms with E-state index in [1.165, 1.54) is 37.4 Å². The Bertz CT molecular complexity index is 747. The highest BCUT2D eigenvalue weighted by atomic mass is 35.5. The van der Waals surface area contributed by atoms with Crippen molar-refractivity contribution in [3.63, 3.8) is 0 Å². The van der Waals surface area contributed by atoms with Gasteiger partial charge in [0.05, 0.1) is 11.4 Å². The van der Waals surface area contributed by atoms with Crippen molar-refractivity contribution in [1.82, 2.24) is 0 Å².